The normalized spacial score (nSPS) is 36.9. The van der Waals surface area contributed by atoms with E-state index in [4.69, 9.17) is 0 Å². The van der Waals surface area contributed by atoms with E-state index in [0.29, 0.717) is 12.2 Å². The number of phenolic OH excluding ortho intramolecular Hbond substituents is 1. The highest BCUT2D eigenvalue weighted by Crippen LogP contribution is 2.61. The molecule has 4 saturated carbocycles. The van der Waals surface area contributed by atoms with Crippen LogP contribution in [0.25, 0.3) is 0 Å². The predicted molar refractivity (Wildman–Crippen MR) is 82.6 cm³/mol. The molecule has 0 amide bonds. The molecular weight excluding hydrogens is 260 g/mol. The summed E-state index contributed by atoms with van der Waals surface area (Å²) in [4.78, 5) is 12.0. The topological polar surface area (TPSA) is 37.3 Å². The van der Waals surface area contributed by atoms with E-state index in [-0.39, 0.29) is 11.2 Å². The first-order valence-electron chi connectivity index (χ1n) is 8.46. The highest BCUT2D eigenvalue weighted by Gasteiger charge is 2.52. The van der Waals surface area contributed by atoms with E-state index in [1.54, 1.807) is 12.1 Å². The van der Waals surface area contributed by atoms with E-state index < -0.39 is 0 Å². The quantitative estimate of drug-likeness (QED) is 0.832. The lowest BCUT2D eigenvalue weighted by atomic mass is 9.48. The molecule has 21 heavy (non-hydrogen) atoms. The molecule has 0 spiro atoms. The van der Waals surface area contributed by atoms with Crippen molar-refractivity contribution in [2.24, 2.45) is 17.8 Å². The summed E-state index contributed by atoms with van der Waals surface area (Å²) in [6.07, 6.45) is 8.38. The molecule has 0 aliphatic heterocycles. The fourth-order valence-electron chi connectivity index (χ4n) is 5.78. The highest BCUT2D eigenvalue weighted by atomic mass is 16.3. The van der Waals surface area contributed by atoms with E-state index in [0.717, 1.165) is 28.9 Å². The van der Waals surface area contributed by atoms with Crippen LogP contribution in [0.3, 0.4) is 0 Å². The molecule has 0 unspecified atom stereocenters. The maximum absolute atomic E-state index is 12.0. The zero-order chi connectivity index (χ0) is 14.6. The summed E-state index contributed by atoms with van der Waals surface area (Å²) < 4.78 is 0. The summed E-state index contributed by atoms with van der Waals surface area (Å²) in [6, 6.07) is 5.54. The van der Waals surface area contributed by atoms with Crippen molar-refractivity contribution in [2.75, 3.05) is 0 Å². The van der Waals surface area contributed by atoms with Crippen LogP contribution in [0, 0.1) is 17.8 Å². The first kappa shape index (κ1) is 13.4. The molecule has 112 valence electrons. The molecule has 0 heterocycles. The van der Waals surface area contributed by atoms with Gasteiger partial charge in [-0.15, -0.1) is 0 Å². The van der Waals surface area contributed by atoms with Crippen molar-refractivity contribution >= 4 is 5.78 Å². The van der Waals surface area contributed by atoms with Crippen LogP contribution in [0.5, 0.6) is 5.75 Å². The van der Waals surface area contributed by atoms with E-state index in [1.165, 1.54) is 38.5 Å². The molecule has 4 aliphatic rings. The average molecular weight is 284 g/mol. The molecule has 1 aromatic carbocycles. The average Bonchev–Trinajstić information content (AvgIpc) is 2.45. The minimum atomic E-state index is 0.156. The first-order chi connectivity index (χ1) is 10.1. The maximum atomic E-state index is 12.0. The maximum Gasteiger partial charge on any atom is 0.162 e. The lowest BCUT2D eigenvalue weighted by Gasteiger charge is -2.57. The standard InChI is InChI=1S/C19H24O2/c1-2-17(20)15-3-4-18(21)16(8-15)19-9-12-5-13(10-19)7-14(6-12)11-19/h3-4,8,12-14,21H,2,5-7,9-11H2,1H3. The van der Waals surface area contributed by atoms with Gasteiger partial charge in [0.15, 0.2) is 5.78 Å². The second-order valence-corrected chi connectivity index (χ2v) is 7.71. The van der Waals surface area contributed by atoms with Gasteiger partial charge in [0.25, 0.3) is 0 Å². The Balaban J connectivity index is 1.77. The molecular formula is C19H24O2. The van der Waals surface area contributed by atoms with Gasteiger partial charge in [0.05, 0.1) is 0 Å². The van der Waals surface area contributed by atoms with Gasteiger partial charge in [-0.25, -0.2) is 0 Å². The third-order valence-corrected chi connectivity index (χ3v) is 6.25. The van der Waals surface area contributed by atoms with Gasteiger partial charge < -0.3 is 5.11 Å². The lowest BCUT2D eigenvalue weighted by Crippen LogP contribution is -2.48. The SMILES string of the molecule is CCC(=O)c1ccc(O)c(C23CC4CC(CC(C4)C2)C3)c1. The third kappa shape index (κ3) is 2.03. The smallest absolute Gasteiger partial charge is 0.162 e. The van der Waals surface area contributed by atoms with Crippen LogP contribution in [-0.4, -0.2) is 10.9 Å². The minimum Gasteiger partial charge on any atom is -0.508 e. The molecule has 4 aliphatic carbocycles. The summed E-state index contributed by atoms with van der Waals surface area (Å²) in [5.41, 5.74) is 2.00. The zero-order valence-corrected chi connectivity index (χ0v) is 12.8. The summed E-state index contributed by atoms with van der Waals surface area (Å²) in [6.45, 7) is 1.90. The Morgan fingerprint density at radius 3 is 2.24 bits per heavy atom. The highest BCUT2D eigenvalue weighted by molar-refractivity contribution is 5.96. The predicted octanol–water partition coefficient (Wildman–Crippen LogP) is 4.45. The van der Waals surface area contributed by atoms with E-state index in [1.807, 2.05) is 13.0 Å². The number of hydrogen-bond donors (Lipinski definition) is 1. The molecule has 2 heteroatoms. The number of rotatable bonds is 3. The number of phenols is 1. The van der Waals surface area contributed by atoms with Gasteiger partial charge in [0, 0.05) is 17.5 Å². The monoisotopic (exact) mass is 284 g/mol. The lowest BCUT2D eigenvalue weighted by molar-refractivity contribution is -0.00614. The molecule has 5 rings (SSSR count). The van der Waals surface area contributed by atoms with Crippen molar-refractivity contribution in [3.8, 4) is 5.75 Å². The fourth-order valence-corrected chi connectivity index (χ4v) is 5.78. The largest absolute Gasteiger partial charge is 0.508 e. The van der Waals surface area contributed by atoms with Crippen molar-refractivity contribution in [3.63, 3.8) is 0 Å². The number of Topliss-reactive ketones (excluding diaryl/α,β-unsaturated/α-hetero) is 1. The Labute approximate surface area is 126 Å². The van der Waals surface area contributed by atoms with Crippen molar-refractivity contribution in [1.82, 2.24) is 0 Å². The van der Waals surface area contributed by atoms with Gasteiger partial charge in [-0.05, 0) is 79.9 Å². The summed E-state index contributed by atoms with van der Waals surface area (Å²) in [7, 11) is 0. The van der Waals surface area contributed by atoms with Gasteiger partial charge >= 0.3 is 0 Å². The number of ketones is 1. The van der Waals surface area contributed by atoms with Gasteiger partial charge in [-0.2, -0.15) is 0 Å². The third-order valence-electron chi connectivity index (χ3n) is 6.25. The number of carbonyl (C=O) groups excluding carboxylic acids is 1. The van der Waals surface area contributed by atoms with E-state index in [9.17, 15) is 9.90 Å². The molecule has 0 aromatic heterocycles. The van der Waals surface area contributed by atoms with E-state index in [2.05, 4.69) is 0 Å². The zero-order valence-electron chi connectivity index (χ0n) is 12.8. The summed E-state index contributed by atoms with van der Waals surface area (Å²) in [5.74, 6) is 3.13. The van der Waals surface area contributed by atoms with Crippen molar-refractivity contribution in [2.45, 2.75) is 57.3 Å². The van der Waals surface area contributed by atoms with Crippen LogP contribution in [0.2, 0.25) is 0 Å². The molecule has 1 N–H and O–H groups in total. The fraction of sp³-hybridized carbons (Fsp3) is 0.632. The van der Waals surface area contributed by atoms with Crippen LogP contribution in [0.15, 0.2) is 18.2 Å². The van der Waals surface area contributed by atoms with Crippen LogP contribution >= 0.6 is 0 Å². The van der Waals surface area contributed by atoms with Crippen LogP contribution < -0.4 is 0 Å². The Morgan fingerprint density at radius 2 is 1.71 bits per heavy atom. The number of carbonyl (C=O) groups is 1. The Hall–Kier alpha value is -1.31. The van der Waals surface area contributed by atoms with E-state index >= 15 is 0 Å². The summed E-state index contributed by atoms with van der Waals surface area (Å²) >= 11 is 0. The molecule has 1 aromatic rings. The van der Waals surface area contributed by atoms with Gasteiger partial charge in [0.2, 0.25) is 0 Å². The Morgan fingerprint density at radius 1 is 1.14 bits per heavy atom. The minimum absolute atomic E-state index is 0.156. The van der Waals surface area contributed by atoms with Crippen LogP contribution in [0.1, 0.15) is 67.8 Å². The Bertz CT molecular complexity index is 552. The van der Waals surface area contributed by atoms with Crippen molar-refractivity contribution < 1.29 is 9.90 Å². The van der Waals surface area contributed by atoms with Crippen molar-refractivity contribution in [1.29, 1.82) is 0 Å². The number of aromatic hydroxyl groups is 1. The van der Waals surface area contributed by atoms with Crippen LogP contribution in [0.4, 0.5) is 0 Å². The molecule has 4 bridgehead atoms. The number of hydrogen-bond acceptors (Lipinski definition) is 2. The van der Waals surface area contributed by atoms with Crippen LogP contribution in [-0.2, 0) is 5.41 Å². The Kier molecular flexibility index (Phi) is 2.92. The second-order valence-electron chi connectivity index (χ2n) is 7.71. The molecule has 2 nitrogen and oxygen atoms in total. The summed E-state index contributed by atoms with van der Waals surface area (Å²) in [5, 5.41) is 10.4. The van der Waals surface area contributed by atoms with Gasteiger partial charge in [-0.1, -0.05) is 6.92 Å². The first-order valence-corrected chi connectivity index (χ1v) is 8.46. The number of benzene rings is 1. The second kappa shape index (κ2) is 4.59. The van der Waals surface area contributed by atoms with Gasteiger partial charge in [-0.3, -0.25) is 4.79 Å². The molecule has 0 radical (unpaired) electrons. The molecule has 0 atom stereocenters. The molecule has 0 saturated heterocycles. The molecule has 4 fully saturated rings. The van der Waals surface area contributed by atoms with Crippen molar-refractivity contribution in [3.05, 3.63) is 29.3 Å². The van der Waals surface area contributed by atoms with Gasteiger partial charge in [0.1, 0.15) is 5.75 Å².